The monoisotopic (exact) mass is 234 g/mol. The van der Waals surface area contributed by atoms with Crippen LogP contribution in [-0.4, -0.2) is 24.9 Å². The number of nitrogens with one attached hydrogen (secondary N) is 1. The van der Waals surface area contributed by atoms with Crippen molar-refractivity contribution in [3.05, 3.63) is 29.3 Å². The highest BCUT2D eigenvalue weighted by Gasteiger charge is 2.06. The van der Waals surface area contributed by atoms with Gasteiger partial charge in [0.05, 0.1) is 18.7 Å². The van der Waals surface area contributed by atoms with Gasteiger partial charge in [-0.05, 0) is 31.5 Å². The second-order valence-electron chi connectivity index (χ2n) is 3.93. The predicted molar refractivity (Wildman–Crippen MR) is 65.7 cm³/mol. The SMILES string of the molecule is COc1ccc(C#N)cc1CNC(C)CCO. The van der Waals surface area contributed by atoms with E-state index in [1.165, 1.54) is 0 Å². The van der Waals surface area contributed by atoms with E-state index in [4.69, 9.17) is 15.1 Å². The Morgan fingerprint density at radius 2 is 2.29 bits per heavy atom. The van der Waals surface area contributed by atoms with E-state index >= 15 is 0 Å². The normalized spacial score (nSPS) is 11.9. The fourth-order valence-corrected chi connectivity index (χ4v) is 1.57. The molecule has 0 spiro atoms. The summed E-state index contributed by atoms with van der Waals surface area (Å²) < 4.78 is 5.24. The molecule has 4 nitrogen and oxygen atoms in total. The minimum absolute atomic E-state index is 0.170. The average molecular weight is 234 g/mol. The summed E-state index contributed by atoms with van der Waals surface area (Å²) in [6, 6.07) is 7.69. The summed E-state index contributed by atoms with van der Waals surface area (Å²) in [4.78, 5) is 0. The number of aliphatic hydroxyl groups is 1. The first-order valence-electron chi connectivity index (χ1n) is 5.62. The molecule has 0 saturated heterocycles. The molecule has 2 N–H and O–H groups in total. The van der Waals surface area contributed by atoms with Gasteiger partial charge in [-0.15, -0.1) is 0 Å². The molecule has 0 radical (unpaired) electrons. The number of benzene rings is 1. The third kappa shape index (κ3) is 4.06. The predicted octanol–water partition coefficient (Wildman–Crippen LogP) is 1.43. The first-order valence-corrected chi connectivity index (χ1v) is 5.62. The Kier molecular flexibility index (Phi) is 5.47. The van der Waals surface area contributed by atoms with Crippen molar-refractivity contribution in [3.63, 3.8) is 0 Å². The zero-order valence-electron chi connectivity index (χ0n) is 10.2. The van der Waals surface area contributed by atoms with E-state index in [0.29, 0.717) is 18.5 Å². The molecule has 4 heteroatoms. The third-order valence-corrected chi connectivity index (χ3v) is 2.61. The summed E-state index contributed by atoms with van der Waals surface area (Å²) in [6.07, 6.45) is 0.709. The van der Waals surface area contributed by atoms with Crippen molar-refractivity contribution >= 4 is 0 Å². The highest BCUT2D eigenvalue weighted by atomic mass is 16.5. The molecule has 17 heavy (non-hydrogen) atoms. The molecule has 1 atom stereocenters. The van der Waals surface area contributed by atoms with Gasteiger partial charge in [-0.3, -0.25) is 0 Å². The van der Waals surface area contributed by atoms with E-state index in [1.54, 1.807) is 19.2 Å². The number of ether oxygens (including phenoxy) is 1. The molecule has 0 bridgehead atoms. The largest absolute Gasteiger partial charge is 0.496 e. The summed E-state index contributed by atoms with van der Waals surface area (Å²) in [5.41, 5.74) is 1.58. The minimum Gasteiger partial charge on any atom is -0.496 e. The van der Waals surface area contributed by atoms with Gasteiger partial charge in [0.2, 0.25) is 0 Å². The van der Waals surface area contributed by atoms with Gasteiger partial charge in [0, 0.05) is 24.8 Å². The number of methoxy groups -OCH3 is 1. The zero-order valence-corrected chi connectivity index (χ0v) is 10.2. The van der Waals surface area contributed by atoms with Gasteiger partial charge >= 0.3 is 0 Å². The lowest BCUT2D eigenvalue weighted by atomic mass is 10.1. The molecule has 0 aliphatic heterocycles. The lowest BCUT2D eigenvalue weighted by molar-refractivity contribution is 0.268. The van der Waals surface area contributed by atoms with Crippen molar-refractivity contribution in [2.45, 2.75) is 25.9 Å². The lowest BCUT2D eigenvalue weighted by Crippen LogP contribution is -2.26. The van der Waals surface area contributed by atoms with Crippen LogP contribution in [0.3, 0.4) is 0 Å². The quantitative estimate of drug-likeness (QED) is 0.781. The maximum atomic E-state index is 8.84. The molecular formula is C13H18N2O2. The van der Waals surface area contributed by atoms with Crippen molar-refractivity contribution in [2.24, 2.45) is 0 Å². The van der Waals surface area contributed by atoms with Crippen LogP contribution in [0.2, 0.25) is 0 Å². The highest BCUT2D eigenvalue weighted by Crippen LogP contribution is 2.19. The molecule has 0 heterocycles. The molecule has 92 valence electrons. The van der Waals surface area contributed by atoms with Crippen LogP contribution in [-0.2, 0) is 6.54 Å². The summed E-state index contributed by atoms with van der Waals surface area (Å²) in [5.74, 6) is 0.771. The van der Waals surface area contributed by atoms with Gasteiger partial charge in [0.15, 0.2) is 0 Å². The zero-order chi connectivity index (χ0) is 12.7. The topological polar surface area (TPSA) is 65.3 Å². The van der Waals surface area contributed by atoms with Gasteiger partial charge in [0.1, 0.15) is 5.75 Å². The fraction of sp³-hybridized carbons (Fsp3) is 0.462. The van der Waals surface area contributed by atoms with Crippen LogP contribution < -0.4 is 10.1 Å². The number of nitriles is 1. The smallest absolute Gasteiger partial charge is 0.123 e. The average Bonchev–Trinajstić information content (AvgIpc) is 2.36. The number of aliphatic hydroxyl groups excluding tert-OH is 1. The van der Waals surface area contributed by atoms with Gasteiger partial charge < -0.3 is 15.2 Å². The van der Waals surface area contributed by atoms with Crippen molar-refractivity contribution in [1.82, 2.24) is 5.32 Å². The number of rotatable bonds is 6. The Morgan fingerprint density at radius 3 is 2.88 bits per heavy atom. The Morgan fingerprint density at radius 1 is 1.53 bits per heavy atom. The number of hydrogen-bond acceptors (Lipinski definition) is 4. The van der Waals surface area contributed by atoms with Crippen molar-refractivity contribution in [1.29, 1.82) is 5.26 Å². The molecule has 0 aliphatic carbocycles. The standard InChI is InChI=1S/C13H18N2O2/c1-10(5-6-16)15-9-12-7-11(8-14)3-4-13(12)17-2/h3-4,7,10,15-16H,5-6,9H2,1-2H3. The molecule has 1 rings (SSSR count). The van der Waals surface area contributed by atoms with E-state index in [-0.39, 0.29) is 12.6 Å². The summed E-state index contributed by atoms with van der Waals surface area (Å²) in [5, 5.41) is 20.9. The van der Waals surface area contributed by atoms with Gasteiger partial charge in [0.25, 0.3) is 0 Å². The molecule has 1 aromatic rings. The van der Waals surface area contributed by atoms with Gasteiger partial charge in [-0.25, -0.2) is 0 Å². The summed E-state index contributed by atoms with van der Waals surface area (Å²) >= 11 is 0. The Bertz CT molecular complexity index is 399. The van der Waals surface area contributed by atoms with Crippen LogP contribution in [0.1, 0.15) is 24.5 Å². The van der Waals surface area contributed by atoms with E-state index < -0.39 is 0 Å². The fourth-order valence-electron chi connectivity index (χ4n) is 1.57. The highest BCUT2D eigenvalue weighted by molar-refractivity contribution is 5.41. The number of nitrogens with zero attached hydrogens (tertiary/aromatic N) is 1. The second kappa shape index (κ2) is 6.89. The molecule has 0 aliphatic rings. The van der Waals surface area contributed by atoms with E-state index in [1.807, 2.05) is 13.0 Å². The van der Waals surface area contributed by atoms with Gasteiger partial charge in [-0.2, -0.15) is 5.26 Å². The van der Waals surface area contributed by atoms with Crippen molar-refractivity contribution < 1.29 is 9.84 Å². The van der Waals surface area contributed by atoms with Crippen LogP contribution in [0, 0.1) is 11.3 Å². The molecular weight excluding hydrogens is 216 g/mol. The lowest BCUT2D eigenvalue weighted by Gasteiger charge is -2.14. The Hall–Kier alpha value is -1.57. The summed E-state index contributed by atoms with van der Waals surface area (Å²) in [6.45, 7) is 2.81. The summed E-state index contributed by atoms with van der Waals surface area (Å²) in [7, 11) is 1.61. The maximum Gasteiger partial charge on any atom is 0.123 e. The molecule has 0 aromatic heterocycles. The molecule has 1 unspecified atom stereocenters. The molecule has 0 saturated carbocycles. The second-order valence-corrected chi connectivity index (χ2v) is 3.93. The first-order chi connectivity index (χ1) is 8.21. The molecule has 0 fully saturated rings. The Balaban J connectivity index is 2.71. The van der Waals surface area contributed by atoms with Gasteiger partial charge in [-0.1, -0.05) is 0 Å². The molecule has 0 amide bonds. The Labute approximate surface area is 102 Å². The third-order valence-electron chi connectivity index (χ3n) is 2.61. The van der Waals surface area contributed by atoms with Crippen LogP contribution in [0.15, 0.2) is 18.2 Å². The maximum absolute atomic E-state index is 8.84. The van der Waals surface area contributed by atoms with Crippen molar-refractivity contribution in [3.8, 4) is 11.8 Å². The van der Waals surface area contributed by atoms with E-state index in [2.05, 4.69) is 11.4 Å². The van der Waals surface area contributed by atoms with Crippen molar-refractivity contribution in [2.75, 3.05) is 13.7 Å². The molecule has 1 aromatic carbocycles. The van der Waals surface area contributed by atoms with Crippen LogP contribution in [0.4, 0.5) is 0 Å². The van der Waals surface area contributed by atoms with Crippen LogP contribution in [0.25, 0.3) is 0 Å². The minimum atomic E-state index is 0.170. The van der Waals surface area contributed by atoms with E-state index in [9.17, 15) is 0 Å². The van der Waals surface area contributed by atoms with E-state index in [0.717, 1.165) is 11.3 Å². The number of hydrogen-bond donors (Lipinski definition) is 2. The van der Waals surface area contributed by atoms with Crippen LogP contribution >= 0.6 is 0 Å². The van der Waals surface area contributed by atoms with Crippen LogP contribution in [0.5, 0.6) is 5.75 Å². The first kappa shape index (κ1) is 13.5.